The Kier molecular flexibility index (Phi) is 4.44. The third-order valence-corrected chi connectivity index (χ3v) is 2.12. The number of ether oxygens (including phenoxy) is 2. The Balaban J connectivity index is 2.65. The van der Waals surface area contributed by atoms with E-state index in [1.807, 2.05) is 31.2 Å². The topological polar surface area (TPSA) is 60.1 Å². The lowest BCUT2D eigenvalue weighted by molar-refractivity contribution is 0.0635. The normalized spacial score (nSPS) is 12.4. The average molecular weight is 223 g/mol. The van der Waals surface area contributed by atoms with Gasteiger partial charge in [-0.25, -0.2) is 0 Å². The fraction of sp³-hybridized carbons (Fsp3) is 0.364. The summed E-state index contributed by atoms with van der Waals surface area (Å²) in [6, 6.07) is 7.40. The van der Waals surface area contributed by atoms with Gasteiger partial charge < -0.3 is 15.2 Å². The zero-order valence-corrected chi connectivity index (χ0v) is 9.75. The number of hydrazone groups is 1. The van der Waals surface area contributed by atoms with Crippen LogP contribution >= 0.6 is 0 Å². The van der Waals surface area contributed by atoms with Gasteiger partial charge in [-0.05, 0) is 19.1 Å². The van der Waals surface area contributed by atoms with Gasteiger partial charge in [0, 0.05) is 13.1 Å². The van der Waals surface area contributed by atoms with Crippen molar-refractivity contribution in [3.63, 3.8) is 0 Å². The summed E-state index contributed by atoms with van der Waals surface area (Å²) in [5, 5.41) is 5.52. The third-order valence-electron chi connectivity index (χ3n) is 2.12. The molecule has 1 rings (SSSR count). The molecule has 1 aromatic rings. The fourth-order valence-corrected chi connectivity index (χ4v) is 1.15. The summed E-state index contributed by atoms with van der Waals surface area (Å²) >= 11 is 0. The van der Waals surface area contributed by atoms with Gasteiger partial charge in [-0.15, -0.1) is 0 Å². The van der Waals surface area contributed by atoms with E-state index < -0.39 is 0 Å². The van der Waals surface area contributed by atoms with E-state index in [4.69, 9.17) is 15.2 Å². The van der Waals surface area contributed by atoms with Crippen molar-refractivity contribution in [1.29, 1.82) is 0 Å². The summed E-state index contributed by atoms with van der Waals surface area (Å²) in [6.45, 7) is 1.88. The van der Waals surface area contributed by atoms with Crippen molar-refractivity contribution in [3.05, 3.63) is 24.3 Å². The second kappa shape index (κ2) is 5.85. The van der Waals surface area contributed by atoms with Crippen LogP contribution < -0.4 is 15.2 Å². The molecule has 0 heterocycles. The van der Waals surface area contributed by atoms with Crippen LogP contribution in [-0.4, -0.2) is 31.7 Å². The van der Waals surface area contributed by atoms with Gasteiger partial charge in [0.15, 0.2) is 6.23 Å². The highest BCUT2D eigenvalue weighted by Crippen LogP contribution is 2.20. The first-order chi connectivity index (χ1) is 7.67. The van der Waals surface area contributed by atoms with E-state index in [1.54, 1.807) is 19.2 Å². The molecule has 0 saturated heterocycles. The molecule has 0 amide bonds. The molecule has 5 nitrogen and oxygen atoms in total. The van der Waals surface area contributed by atoms with Crippen molar-refractivity contribution in [1.82, 2.24) is 5.01 Å². The number of benzene rings is 1. The molecule has 1 aromatic carbocycles. The van der Waals surface area contributed by atoms with E-state index in [-0.39, 0.29) is 6.23 Å². The van der Waals surface area contributed by atoms with Crippen LogP contribution in [0.2, 0.25) is 0 Å². The molecule has 0 saturated carbocycles. The largest absolute Gasteiger partial charge is 0.497 e. The maximum absolute atomic E-state index is 5.65. The minimum Gasteiger partial charge on any atom is -0.497 e. The summed E-state index contributed by atoms with van der Waals surface area (Å²) in [6.07, 6.45) is 1.03. The van der Waals surface area contributed by atoms with Crippen molar-refractivity contribution >= 4 is 6.34 Å². The Morgan fingerprint density at radius 1 is 1.44 bits per heavy atom. The number of rotatable bonds is 5. The highest BCUT2D eigenvalue weighted by Gasteiger charge is 2.08. The number of nitrogens with zero attached hydrogens (tertiary/aromatic N) is 2. The molecule has 0 aromatic heterocycles. The van der Waals surface area contributed by atoms with E-state index in [2.05, 4.69) is 5.10 Å². The molecule has 1 unspecified atom stereocenters. The number of hydrogen-bond acceptors (Lipinski definition) is 4. The van der Waals surface area contributed by atoms with Gasteiger partial charge >= 0.3 is 0 Å². The maximum atomic E-state index is 5.65. The SMILES string of the molecule is COc1cccc(OC(C)N(C)/N=C\N)c1. The average Bonchev–Trinajstić information content (AvgIpc) is 2.29. The molecule has 0 aliphatic rings. The van der Waals surface area contributed by atoms with Gasteiger partial charge in [0.1, 0.15) is 17.8 Å². The molecule has 5 heteroatoms. The van der Waals surface area contributed by atoms with Gasteiger partial charge in [-0.3, -0.25) is 5.01 Å². The Labute approximate surface area is 95.4 Å². The van der Waals surface area contributed by atoms with Crippen molar-refractivity contribution in [2.45, 2.75) is 13.2 Å². The van der Waals surface area contributed by atoms with Crippen molar-refractivity contribution in [2.24, 2.45) is 10.8 Å². The Hall–Kier alpha value is -1.91. The van der Waals surface area contributed by atoms with Crippen LogP contribution in [0.15, 0.2) is 29.4 Å². The molecule has 0 aliphatic heterocycles. The van der Waals surface area contributed by atoms with Gasteiger partial charge in [-0.1, -0.05) is 6.07 Å². The van der Waals surface area contributed by atoms with Crippen LogP contribution in [0.4, 0.5) is 0 Å². The highest BCUT2D eigenvalue weighted by molar-refractivity contribution is 5.50. The van der Waals surface area contributed by atoms with Crippen LogP contribution in [0.1, 0.15) is 6.92 Å². The number of hydrogen-bond donors (Lipinski definition) is 1. The molecule has 16 heavy (non-hydrogen) atoms. The minimum atomic E-state index is -0.202. The van der Waals surface area contributed by atoms with E-state index in [0.717, 1.165) is 11.5 Å². The predicted octanol–water partition coefficient (Wildman–Crippen LogP) is 1.25. The van der Waals surface area contributed by atoms with E-state index in [0.29, 0.717) is 0 Å². The lowest BCUT2D eigenvalue weighted by atomic mass is 10.3. The lowest BCUT2D eigenvalue weighted by Crippen LogP contribution is -2.30. The Bertz CT molecular complexity index is 355. The first kappa shape index (κ1) is 12.2. The number of methoxy groups -OCH3 is 1. The lowest BCUT2D eigenvalue weighted by Gasteiger charge is -2.22. The highest BCUT2D eigenvalue weighted by atomic mass is 16.5. The zero-order valence-electron chi connectivity index (χ0n) is 9.75. The van der Waals surface area contributed by atoms with E-state index in [9.17, 15) is 0 Å². The molecule has 0 spiro atoms. The van der Waals surface area contributed by atoms with Gasteiger partial charge in [0.25, 0.3) is 0 Å². The molecule has 0 aliphatic carbocycles. The van der Waals surface area contributed by atoms with E-state index >= 15 is 0 Å². The van der Waals surface area contributed by atoms with E-state index in [1.165, 1.54) is 6.34 Å². The monoisotopic (exact) mass is 223 g/mol. The second-order valence-corrected chi connectivity index (χ2v) is 3.23. The summed E-state index contributed by atoms with van der Waals surface area (Å²) in [5.74, 6) is 1.49. The van der Waals surface area contributed by atoms with Crippen LogP contribution in [0.25, 0.3) is 0 Å². The summed E-state index contributed by atoms with van der Waals surface area (Å²) in [5.41, 5.74) is 5.20. The number of nitrogens with two attached hydrogens (primary N) is 1. The zero-order chi connectivity index (χ0) is 12.0. The quantitative estimate of drug-likeness (QED) is 0.353. The second-order valence-electron chi connectivity index (χ2n) is 3.23. The molecular weight excluding hydrogens is 206 g/mol. The smallest absolute Gasteiger partial charge is 0.183 e. The molecular formula is C11H17N3O2. The van der Waals surface area contributed by atoms with Crippen LogP contribution in [0.3, 0.4) is 0 Å². The van der Waals surface area contributed by atoms with Gasteiger partial charge in [0.05, 0.1) is 7.11 Å². The molecule has 2 N–H and O–H groups in total. The van der Waals surface area contributed by atoms with Gasteiger partial charge in [-0.2, -0.15) is 5.10 Å². The summed E-state index contributed by atoms with van der Waals surface area (Å²) in [4.78, 5) is 0. The van der Waals surface area contributed by atoms with Crippen molar-refractivity contribution in [3.8, 4) is 11.5 Å². The van der Waals surface area contributed by atoms with Crippen LogP contribution in [0, 0.1) is 0 Å². The molecule has 88 valence electrons. The summed E-state index contributed by atoms with van der Waals surface area (Å²) < 4.78 is 10.7. The van der Waals surface area contributed by atoms with Crippen molar-refractivity contribution in [2.75, 3.05) is 14.2 Å². The summed E-state index contributed by atoms with van der Waals surface area (Å²) in [7, 11) is 3.40. The Morgan fingerprint density at radius 3 is 2.75 bits per heavy atom. The Morgan fingerprint density at radius 2 is 2.12 bits per heavy atom. The predicted molar refractivity (Wildman–Crippen MR) is 63.5 cm³/mol. The minimum absolute atomic E-state index is 0.202. The standard InChI is InChI=1S/C11H17N3O2/c1-9(14(2)13-8-12)16-11-6-4-5-10(7-11)15-3/h4-9H,1-3H3,(H2,12,13). The third kappa shape index (κ3) is 3.34. The van der Waals surface area contributed by atoms with Crippen molar-refractivity contribution < 1.29 is 9.47 Å². The maximum Gasteiger partial charge on any atom is 0.183 e. The first-order valence-electron chi connectivity index (χ1n) is 4.95. The van der Waals surface area contributed by atoms with Crippen LogP contribution in [-0.2, 0) is 0 Å². The molecule has 0 radical (unpaired) electrons. The molecule has 0 fully saturated rings. The molecule has 1 atom stereocenters. The van der Waals surface area contributed by atoms with Crippen LogP contribution in [0.5, 0.6) is 11.5 Å². The fourth-order valence-electron chi connectivity index (χ4n) is 1.15. The van der Waals surface area contributed by atoms with Gasteiger partial charge in [0.2, 0.25) is 0 Å². The first-order valence-corrected chi connectivity index (χ1v) is 4.95. The molecule has 0 bridgehead atoms.